The molecule has 1 amide bonds. The number of carbonyl (C=O) groups is 2. The lowest BCUT2D eigenvalue weighted by Crippen LogP contribution is -2.28. The number of hydrogen-bond donors (Lipinski definition) is 1. The number of fused-ring (bicyclic) bond motifs is 2. The van der Waals surface area contributed by atoms with Crippen LogP contribution in [0, 0.1) is 0 Å². The van der Waals surface area contributed by atoms with Crippen LogP contribution in [0.3, 0.4) is 0 Å². The van der Waals surface area contributed by atoms with Crippen LogP contribution in [0.1, 0.15) is 16.1 Å². The highest BCUT2D eigenvalue weighted by atomic mass is 35.5. The van der Waals surface area contributed by atoms with Gasteiger partial charge in [0.05, 0.1) is 0 Å². The van der Waals surface area contributed by atoms with Gasteiger partial charge in [0, 0.05) is 17.0 Å². The van der Waals surface area contributed by atoms with Gasteiger partial charge in [-0.3, -0.25) is 4.79 Å². The molecule has 0 radical (unpaired) electrons. The number of halogens is 1. The van der Waals surface area contributed by atoms with Crippen LogP contribution in [0.2, 0.25) is 5.02 Å². The van der Waals surface area contributed by atoms with Gasteiger partial charge < -0.3 is 23.9 Å². The fourth-order valence-electron chi connectivity index (χ4n) is 2.62. The lowest BCUT2D eigenvalue weighted by Gasteiger charge is -2.06. The minimum atomic E-state index is -0.722. The molecule has 0 atom stereocenters. The summed E-state index contributed by atoms with van der Waals surface area (Å²) in [5.74, 6) is 0.167. The second-order valence-electron chi connectivity index (χ2n) is 5.83. The molecule has 138 valence electrons. The molecule has 27 heavy (non-hydrogen) atoms. The minimum absolute atomic E-state index is 0.0100. The summed E-state index contributed by atoms with van der Waals surface area (Å²) in [6.45, 7) is 0.0481. The molecule has 0 aliphatic carbocycles. The van der Waals surface area contributed by atoms with E-state index >= 15 is 0 Å². The van der Waals surface area contributed by atoms with E-state index in [0.717, 1.165) is 5.56 Å². The predicted molar refractivity (Wildman–Crippen MR) is 95.9 cm³/mol. The van der Waals surface area contributed by atoms with E-state index in [1.807, 2.05) is 6.07 Å². The first-order valence-corrected chi connectivity index (χ1v) is 8.48. The lowest BCUT2D eigenvalue weighted by molar-refractivity contribution is -0.124. The molecule has 4 rings (SSSR count). The van der Waals surface area contributed by atoms with Crippen LogP contribution in [-0.4, -0.2) is 25.3 Å². The third-order valence-electron chi connectivity index (χ3n) is 3.94. The quantitative estimate of drug-likeness (QED) is 0.676. The highest BCUT2D eigenvalue weighted by Crippen LogP contribution is 2.32. The number of nitrogens with one attached hydrogen (secondary N) is 1. The maximum absolute atomic E-state index is 12.0. The monoisotopic (exact) mass is 387 g/mol. The smallest absolute Gasteiger partial charge is 0.374 e. The fraction of sp³-hybridized carbons (Fsp3) is 0.158. The van der Waals surface area contributed by atoms with Gasteiger partial charge >= 0.3 is 5.97 Å². The molecule has 0 saturated carbocycles. The topological polar surface area (TPSA) is 87.0 Å². The molecule has 0 fully saturated rings. The fourth-order valence-corrected chi connectivity index (χ4v) is 2.80. The summed E-state index contributed by atoms with van der Waals surface area (Å²) in [5, 5.41) is 3.89. The van der Waals surface area contributed by atoms with Crippen molar-refractivity contribution < 1.29 is 28.2 Å². The van der Waals surface area contributed by atoms with Crippen LogP contribution >= 0.6 is 11.6 Å². The average molecular weight is 388 g/mol. The first kappa shape index (κ1) is 17.2. The van der Waals surface area contributed by atoms with Gasteiger partial charge in [0.2, 0.25) is 12.6 Å². The Labute approximate surface area is 158 Å². The van der Waals surface area contributed by atoms with E-state index in [9.17, 15) is 9.59 Å². The summed E-state index contributed by atoms with van der Waals surface area (Å²) in [6.07, 6.45) is 0. The van der Waals surface area contributed by atoms with Crippen LogP contribution in [-0.2, 0) is 16.1 Å². The SMILES string of the molecule is O=C(COC(=O)c1cc2cc(Cl)ccc2o1)NCc1ccc2c(c1)OCO2. The molecular formula is C19H14ClNO6. The number of rotatable bonds is 5. The molecule has 0 spiro atoms. The van der Waals surface area contributed by atoms with E-state index in [1.54, 1.807) is 30.3 Å². The average Bonchev–Trinajstić information content (AvgIpc) is 3.30. The van der Waals surface area contributed by atoms with Crippen molar-refractivity contribution in [3.05, 3.63) is 58.8 Å². The molecule has 0 unspecified atom stereocenters. The Morgan fingerprint density at radius 1 is 1.07 bits per heavy atom. The van der Waals surface area contributed by atoms with Crippen LogP contribution in [0.5, 0.6) is 11.5 Å². The number of benzene rings is 2. The maximum atomic E-state index is 12.0. The number of furan rings is 1. The number of hydrogen-bond acceptors (Lipinski definition) is 6. The van der Waals surface area contributed by atoms with Crippen molar-refractivity contribution in [1.29, 1.82) is 0 Å². The van der Waals surface area contributed by atoms with Gasteiger partial charge in [-0.25, -0.2) is 4.79 Å². The Morgan fingerprint density at radius 2 is 1.93 bits per heavy atom. The molecule has 1 aliphatic heterocycles. The van der Waals surface area contributed by atoms with E-state index in [-0.39, 0.29) is 19.1 Å². The summed E-state index contributed by atoms with van der Waals surface area (Å²) >= 11 is 5.90. The summed E-state index contributed by atoms with van der Waals surface area (Å²) in [5.41, 5.74) is 1.35. The second kappa shape index (κ2) is 7.20. The third kappa shape index (κ3) is 3.83. The Balaban J connectivity index is 1.30. The molecule has 2 heterocycles. The van der Waals surface area contributed by atoms with Gasteiger partial charge in [-0.05, 0) is 42.0 Å². The van der Waals surface area contributed by atoms with Crippen molar-refractivity contribution in [2.24, 2.45) is 0 Å². The Hall–Kier alpha value is -3.19. The van der Waals surface area contributed by atoms with E-state index in [4.69, 9.17) is 30.2 Å². The normalized spacial score (nSPS) is 12.2. The third-order valence-corrected chi connectivity index (χ3v) is 4.18. The molecule has 0 bridgehead atoms. The van der Waals surface area contributed by atoms with Crippen molar-refractivity contribution in [2.45, 2.75) is 6.54 Å². The van der Waals surface area contributed by atoms with Gasteiger partial charge in [0.25, 0.3) is 5.91 Å². The lowest BCUT2D eigenvalue weighted by atomic mass is 10.2. The summed E-state index contributed by atoms with van der Waals surface area (Å²) < 4.78 is 20.9. The van der Waals surface area contributed by atoms with E-state index in [0.29, 0.717) is 27.5 Å². The van der Waals surface area contributed by atoms with Gasteiger partial charge in [0.1, 0.15) is 5.58 Å². The first-order valence-electron chi connectivity index (χ1n) is 8.10. The zero-order valence-electron chi connectivity index (χ0n) is 14.0. The molecule has 3 aromatic rings. The predicted octanol–water partition coefficient (Wildman–Crippen LogP) is 3.29. The van der Waals surface area contributed by atoms with Gasteiger partial charge in [-0.15, -0.1) is 0 Å². The van der Waals surface area contributed by atoms with Crippen molar-refractivity contribution in [3.8, 4) is 11.5 Å². The number of amides is 1. The number of carbonyl (C=O) groups excluding carboxylic acids is 2. The minimum Gasteiger partial charge on any atom is -0.454 e. The van der Waals surface area contributed by atoms with Crippen molar-refractivity contribution >= 4 is 34.4 Å². The molecule has 1 N–H and O–H groups in total. The van der Waals surface area contributed by atoms with E-state index in [1.165, 1.54) is 6.07 Å². The second-order valence-corrected chi connectivity index (χ2v) is 6.27. The van der Waals surface area contributed by atoms with Crippen molar-refractivity contribution in [2.75, 3.05) is 13.4 Å². The zero-order valence-corrected chi connectivity index (χ0v) is 14.7. The Bertz CT molecular complexity index is 1030. The molecule has 1 aliphatic rings. The van der Waals surface area contributed by atoms with Crippen LogP contribution in [0.15, 0.2) is 46.9 Å². The van der Waals surface area contributed by atoms with Gasteiger partial charge in [-0.1, -0.05) is 17.7 Å². The molecule has 2 aromatic carbocycles. The van der Waals surface area contributed by atoms with Crippen LogP contribution < -0.4 is 14.8 Å². The standard InChI is InChI=1S/C19H14ClNO6/c20-13-2-4-14-12(6-13)7-17(27-14)19(23)24-9-18(22)21-8-11-1-3-15-16(5-11)26-10-25-15/h1-7H,8-10H2,(H,21,22). The maximum Gasteiger partial charge on any atom is 0.374 e. The first-order chi connectivity index (χ1) is 13.1. The highest BCUT2D eigenvalue weighted by molar-refractivity contribution is 6.31. The molecule has 1 aromatic heterocycles. The van der Waals surface area contributed by atoms with E-state index in [2.05, 4.69) is 5.32 Å². The van der Waals surface area contributed by atoms with Gasteiger partial charge in [-0.2, -0.15) is 0 Å². The Kier molecular flexibility index (Phi) is 4.60. The Morgan fingerprint density at radius 3 is 2.81 bits per heavy atom. The summed E-state index contributed by atoms with van der Waals surface area (Å²) in [6, 6.07) is 11.9. The van der Waals surface area contributed by atoms with Crippen LogP contribution in [0.25, 0.3) is 11.0 Å². The summed E-state index contributed by atoms with van der Waals surface area (Å²) in [7, 11) is 0. The van der Waals surface area contributed by atoms with Crippen molar-refractivity contribution in [1.82, 2.24) is 5.32 Å². The van der Waals surface area contributed by atoms with Gasteiger partial charge in [0.15, 0.2) is 18.1 Å². The number of ether oxygens (including phenoxy) is 3. The molecular weight excluding hydrogens is 374 g/mol. The largest absolute Gasteiger partial charge is 0.454 e. The molecule has 8 heteroatoms. The molecule has 7 nitrogen and oxygen atoms in total. The molecule has 0 saturated heterocycles. The van der Waals surface area contributed by atoms with E-state index < -0.39 is 18.5 Å². The summed E-state index contributed by atoms with van der Waals surface area (Å²) in [4.78, 5) is 24.0. The number of esters is 1. The van der Waals surface area contributed by atoms with Crippen LogP contribution in [0.4, 0.5) is 0 Å². The van der Waals surface area contributed by atoms with Crippen molar-refractivity contribution in [3.63, 3.8) is 0 Å². The zero-order chi connectivity index (χ0) is 18.8. The highest BCUT2D eigenvalue weighted by Gasteiger charge is 2.16.